The molecule has 0 aromatic carbocycles. The van der Waals surface area contributed by atoms with Gasteiger partial charge >= 0.3 is 0 Å². The van der Waals surface area contributed by atoms with Crippen molar-refractivity contribution in [2.75, 3.05) is 38.1 Å². The molecule has 0 saturated carbocycles. The lowest BCUT2D eigenvalue weighted by Gasteiger charge is -2.22. The first-order valence-corrected chi connectivity index (χ1v) is 13.4. The highest BCUT2D eigenvalue weighted by Gasteiger charge is 2.27. The molecule has 0 spiro atoms. The van der Waals surface area contributed by atoms with Crippen molar-refractivity contribution >= 4 is 40.5 Å². The van der Waals surface area contributed by atoms with E-state index in [9.17, 15) is 33.7 Å². The van der Waals surface area contributed by atoms with Crippen LogP contribution in [-0.4, -0.2) is 93.1 Å². The van der Waals surface area contributed by atoms with E-state index in [1.165, 1.54) is 0 Å². The highest BCUT2D eigenvalue weighted by Crippen LogP contribution is 2.08. The average molecular weight is 469 g/mol. The zero-order valence-corrected chi connectivity index (χ0v) is 17.6. The van der Waals surface area contributed by atoms with E-state index in [1.807, 2.05) is 0 Å². The summed E-state index contributed by atoms with van der Waals surface area (Å²) in [6.07, 6.45) is 0.817. The normalized spacial score (nSPS) is 14.9. The Morgan fingerprint density at radius 1 is 0.654 bits per heavy atom. The maximum atomic E-state index is 10.9. The summed E-state index contributed by atoms with van der Waals surface area (Å²) in [5.74, 6) is 0. The summed E-state index contributed by atoms with van der Waals surface area (Å²) in [5, 5.41) is 0. The molecule has 6 N–H and O–H groups in total. The molecular formula is C8H24N2O12S4. The Bertz CT molecular complexity index is 713. The smallest absolute Gasteiger partial charge is 0.264 e. The molecule has 0 amide bonds. The molecule has 0 aromatic rings. The van der Waals surface area contributed by atoms with Crippen LogP contribution in [0.5, 0.6) is 0 Å². The van der Waals surface area contributed by atoms with Gasteiger partial charge in [-0.05, 0) is 0 Å². The fraction of sp³-hybridized carbons (Fsp3) is 1.00. The van der Waals surface area contributed by atoms with Crippen molar-refractivity contribution in [1.29, 1.82) is 0 Å². The highest BCUT2D eigenvalue weighted by atomic mass is 32.2. The van der Waals surface area contributed by atoms with Gasteiger partial charge in [0.05, 0.1) is 25.0 Å². The number of hydrogen-bond acceptors (Lipinski definition) is 12. The number of hydrogen-bond donors (Lipinski definition) is 4. The molecule has 0 unspecified atom stereocenters. The van der Waals surface area contributed by atoms with Gasteiger partial charge in [0.25, 0.3) is 40.5 Å². The molecule has 0 aliphatic rings. The van der Waals surface area contributed by atoms with Gasteiger partial charge in [0.1, 0.15) is 12.2 Å². The van der Waals surface area contributed by atoms with E-state index in [2.05, 4.69) is 8.37 Å². The van der Waals surface area contributed by atoms with Crippen LogP contribution in [0.25, 0.3) is 0 Å². The Hall–Kier alpha value is -0.440. The van der Waals surface area contributed by atoms with Crippen molar-refractivity contribution in [1.82, 2.24) is 0 Å². The molecule has 0 rings (SSSR count). The molecule has 162 valence electrons. The second-order valence-electron chi connectivity index (χ2n) is 4.62. The van der Waals surface area contributed by atoms with Crippen LogP contribution in [0.15, 0.2) is 0 Å². The van der Waals surface area contributed by atoms with Crippen molar-refractivity contribution < 1.29 is 51.1 Å². The van der Waals surface area contributed by atoms with E-state index in [0.29, 0.717) is 12.5 Å². The fourth-order valence-corrected chi connectivity index (χ4v) is 2.26. The molecule has 14 nitrogen and oxygen atoms in total. The maximum absolute atomic E-state index is 10.9. The van der Waals surface area contributed by atoms with Crippen molar-refractivity contribution in [3.8, 4) is 0 Å². The van der Waals surface area contributed by atoms with Gasteiger partial charge in [0.2, 0.25) is 0 Å². The van der Waals surface area contributed by atoms with Gasteiger partial charge in [-0.3, -0.25) is 17.5 Å². The van der Waals surface area contributed by atoms with Crippen LogP contribution < -0.4 is 11.5 Å². The number of nitrogens with two attached hydrogens (primary N) is 2. The zero-order chi connectivity index (χ0) is 22.0. The zero-order valence-electron chi connectivity index (χ0n) is 14.3. The van der Waals surface area contributed by atoms with E-state index >= 15 is 0 Å². The molecule has 0 aromatic heterocycles. The predicted octanol–water partition coefficient (Wildman–Crippen LogP) is -3.40. The van der Waals surface area contributed by atoms with Gasteiger partial charge in [-0.25, -0.2) is 0 Å². The quantitative estimate of drug-likeness (QED) is 0.210. The van der Waals surface area contributed by atoms with Crippen LogP contribution in [0.1, 0.15) is 0 Å². The van der Waals surface area contributed by atoms with Gasteiger partial charge < -0.3 is 11.5 Å². The molecule has 18 heteroatoms. The van der Waals surface area contributed by atoms with E-state index in [4.69, 9.17) is 20.6 Å². The first-order chi connectivity index (χ1) is 11.1. The second kappa shape index (κ2) is 12.1. The molecule has 2 atom stereocenters. The third-order valence-electron chi connectivity index (χ3n) is 1.48. The summed E-state index contributed by atoms with van der Waals surface area (Å²) in [5.41, 5.74) is 10.5. The molecule has 0 bridgehead atoms. The lowest BCUT2D eigenvalue weighted by Crippen LogP contribution is -2.44. The van der Waals surface area contributed by atoms with Crippen LogP contribution >= 0.6 is 0 Å². The summed E-state index contributed by atoms with van der Waals surface area (Å²) in [4.78, 5) is 0. The molecule has 26 heavy (non-hydrogen) atoms. The van der Waals surface area contributed by atoms with Crippen LogP contribution in [-0.2, 0) is 48.8 Å². The van der Waals surface area contributed by atoms with Crippen molar-refractivity contribution in [2.24, 2.45) is 11.5 Å². The predicted molar refractivity (Wildman–Crippen MR) is 92.5 cm³/mol. The van der Waals surface area contributed by atoms with E-state index in [1.54, 1.807) is 0 Å². The lowest BCUT2D eigenvalue weighted by atomic mass is 10.2. The average Bonchev–Trinajstić information content (AvgIpc) is 2.26. The first-order valence-electron chi connectivity index (χ1n) is 6.10. The maximum Gasteiger partial charge on any atom is 0.264 e. The third kappa shape index (κ3) is 38.9. The van der Waals surface area contributed by atoms with Gasteiger partial charge in [-0.15, -0.1) is 0 Å². The van der Waals surface area contributed by atoms with Crippen molar-refractivity contribution in [3.05, 3.63) is 0 Å². The van der Waals surface area contributed by atoms with E-state index in [-0.39, 0.29) is 13.1 Å². The van der Waals surface area contributed by atoms with Crippen LogP contribution in [0.4, 0.5) is 0 Å². The fourth-order valence-electron chi connectivity index (χ4n) is 0.955. The Morgan fingerprint density at radius 3 is 0.885 bits per heavy atom. The minimum Gasteiger partial charge on any atom is -0.328 e. The molecule has 0 saturated heterocycles. The third-order valence-corrected chi connectivity index (χ3v) is 2.67. The van der Waals surface area contributed by atoms with E-state index < -0.39 is 52.7 Å². The summed E-state index contributed by atoms with van der Waals surface area (Å²) >= 11 is 0. The minimum atomic E-state index is -3.76. The molecule has 0 heterocycles. The summed E-state index contributed by atoms with van der Waals surface area (Å²) < 4.78 is 104. The minimum absolute atomic E-state index is 0.232. The highest BCUT2D eigenvalue weighted by molar-refractivity contribution is 7.86. The monoisotopic (exact) mass is 468 g/mol. The molecule has 0 aliphatic carbocycles. The molecule has 0 fully saturated rings. The van der Waals surface area contributed by atoms with Gasteiger partial charge in [0, 0.05) is 13.1 Å². The van der Waals surface area contributed by atoms with Crippen LogP contribution in [0.3, 0.4) is 0 Å². The Morgan fingerprint density at radius 2 is 0.808 bits per heavy atom. The number of rotatable bonds is 7. The Kier molecular flexibility index (Phi) is 14.1. The van der Waals surface area contributed by atoms with Crippen LogP contribution in [0.2, 0.25) is 0 Å². The van der Waals surface area contributed by atoms with Crippen molar-refractivity contribution in [2.45, 2.75) is 12.2 Å². The molecular weight excluding hydrogens is 444 g/mol. The first kappa shape index (κ1) is 30.3. The Balaban J connectivity index is -0.000000433. The van der Waals surface area contributed by atoms with E-state index in [0.717, 1.165) is 12.5 Å². The lowest BCUT2D eigenvalue weighted by molar-refractivity contribution is 0.0751. The summed E-state index contributed by atoms with van der Waals surface area (Å²) in [6, 6.07) is 0. The summed E-state index contributed by atoms with van der Waals surface area (Å²) in [6.45, 7) is -0.463. The molecule has 0 aliphatic heterocycles. The van der Waals surface area contributed by atoms with Gasteiger partial charge in [-0.1, -0.05) is 0 Å². The Labute approximate surface area is 153 Å². The van der Waals surface area contributed by atoms with Crippen LogP contribution in [0, 0.1) is 0 Å². The molecule has 0 radical (unpaired) electrons. The topological polar surface area (TPSA) is 248 Å². The standard InChI is InChI=1S/C6H16N2O6S2.2CH4O3S/c1-15(9,10)13-5(3-7)6(4-8)14-16(2,11)12;2*1-5(2,3)4/h5-6H,3-4,7-8H2,1-2H3;2*1H3,(H,2,3,4)/t5-,6+;;. The SMILES string of the molecule is CS(=O)(=O)O.CS(=O)(=O)O.CS(=O)(=O)O[C@@H](CN)[C@@H](CN)OS(C)(=O)=O. The van der Waals surface area contributed by atoms with Crippen molar-refractivity contribution in [3.63, 3.8) is 0 Å². The van der Waals surface area contributed by atoms with Gasteiger partial charge in [-0.2, -0.15) is 33.7 Å². The van der Waals surface area contributed by atoms with Gasteiger partial charge in [0.15, 0.2) is 0 Å². The summed E-state index contributed by atoms with van der Waals surface area (Å²) in [7, 11) is -14.8. The largest absolute Gasteiger partial charge is 0.328 e. The second-order valence-corrected chi connectivity index (χ2v) is 10.7.